The fourth-order valence-corrected chi connectivity index (χ4v) is 4.62. The van der Waals surface area contributed by atoms with E-state index in [0.717, 1.165) is 87.1 Å². The Morgan fingerprint density at radius 3 is 2.52 bits per heavy atom. The maximum Gasteiger partial charge on any atom is 0.416 e. The predicted molar refractivity (Wildman–Crippen MR) is 122 cm³/mol. The molecule has 0 radical (unpaired) electrons. The SMILES string of the molecule is CCN(CC)CCCNC(=S)N1CCC(n2c(C)nc3cc(C(F)(F)F)ccc32)CC1. The van der Waals surface area contributed by atoms with E-state index >= 15 is 0 Å². The van der Waals surface area contributed by atoms with Gasteiger partial charge in [0.1, 0.15) is 5.82 Å². The molecule has 0 saturated carbocycles. The number of halogens is 3. The highest BCUT2D eigenvalue weighted by atomic mass is 32.1. The molecule has 1 aliphatic rings. The van der Waals surface area contributed by atoms with Gasteiger partial charge in [-0.1, -0.05) is 13.8 Å². The van der Waals surface area contributed by atoms with Gasteiger partial charge in [-0.15, -0.1) is 0 Å². The van der Waals surface area contributed by atoms with Gasteiger partial charge in [-0.05, 0) is 76.2 Å². The second kappa shape index (κ2) is 10.2. The van der Waals surface area contributed by atoms with Crippen molar-refractivity contribution in [3.8, 4) is 0 Å². The van der Waals surface area contributed by atoms with Gasteiger partial charge in [0, 0.05) is 25.7 Å². The van der Waals surface area contributed by atoms with E-state index in [1.54, 1.807) is 6.07 Å². The van der Waals surface area contributed by atoms with Crippen molar-refractivity contribution in [2.45, 2.75) is 52.3 Å². The molecule has 0 atom stereocenters. The molecular weight excluding hydrogens is 423 g/mol. The Morgan fingerprint density at radius 2 is 1.90 bits per heavy atom. The van der Waals surface area contributed by atoms with Gasteiger partial charge in [0.15, 0.2) is 5.11 Å². The van der Waals surface area contributed by atoms with Crippen LogP contribution in [0.25, 0.3) is 11.0 Å². The van der Waals surface area contributed by atoms with Gasteiger partial charge in [-0.3, -0.25) is 0 Å². The summed E-state index contributed by atoms with van der Waals surface area (Å²) in [5.74, 6) is 0.755. The number of hydrogen-bond acceptors (Lipinski definition) is 3. The third-order valence-corrected chi connectivity index (χ3v) is 6.53. The molecule has 2 aromatic rings. The lowest BCUT2D eigenvalue weighted by Gasteiger charge is -2.35. The van der Waals surface area contributed by atoms with E-state index in [-0.39, 0.29) is 6.04 Å². The van der Waals surface area contributed by atoms with E-state index in [0.29, 0.717) is 5.52 Å². The molecule has 3 rings (SSSR count). The monoisotopic (exact) mass is 455 g/mol. The predicted octanol–water partition coefficient (Wildman–Crippen LogP) is 4.61. The number of piperidine rings is 1. The quantitative estimate of drug-likeness (QED) is 0.488. The zero-order valence-corrected chi connectivity index (χ0v) is 19.3. The van der Waals surface area contributed by atoms with Gasteiger partial charge < -0.3 is 19.7 Å². The van der Waals surface area contributed by atoms with Crippen LogP contribution in [0.5, 0.6) is 0 Å². The average Bonchev–Trinajstić information content (AvgIpc) is 3.08. The van der Waals surface area contributed by atoms with Crippen molar-refractivity contribution in [2.75, 3.05) is 39.3 Å². The maximum atomic E-state index is 13.0. The molecule has 172 valence electrons. The molecule has 1 aromatic carbocycles. The number of benzene rings is 1. The Labute approximate surface area is 187 Å². The zero-order valence-electron chi connectivity index (χ0n) is 18.5. The van der Waals surface area contributed by atoms with Gasteiger partial charge in [-0.2, -0.15) is 13.2 Å². The lowest BCUT2D eigenvalue weighted by molar-refractivity contribution is -0.137. The van der Waals surface area contributed by atoms with E-state index in [1.165, 1.54) is 0 Å². The number of thiocarbonyl (C=S) groups is 1. The molecule has 2 heterocycles. The number of aryl methyl sites for hydroxylation is 1. The minimum Gasteiger partial charge on any atom is -0.363 e. The van der Waals surface area contributed by atoms with Crippen LogP contribution in [0, 0.1) is 6.92 Å². The van der Waals surface area contributed by atoms with Crippen LogP contribution in [-0.2, 0) is 6.18 Å². The van der Waals surface area contributed by atoms with Crippen LogP contribution in [-0.4, -0.2) is 63.7 Å². The number of nitrogens with one attached hydrogen (secondary N) is 1. The van der Waals surface area contributed by atoms with Crippen molar-refractivity contribution in [1.29, 1.82) is 0 Å². The first-order valence-corrected chi connectivity index (χ1v) is 11.5. The molecule has 0 spiro atoms. The first kappa shape index (κ1) is 23.8. The van der Waals surface area contributed by atoms with Crippen molar-refractivity contribution in [3.63, 3.8) is 0 Å². The van der Waals surface area contributed by atoms with Gasteiger partial charge in [0.2, 0.25) is 0 Å². The smallest absolute Gasteiger partial charge is 0.363 e. The Bertz CT molecular complexity index is 883. The van der Waals surface area contributed by atoms with E-state index in [4.69, 9.17) is 12.2 Å². The van der Waals surface area contributed by atoms with Crippen LogP contribution < -0.4 is 5.32 Å². The molecule has 1 saturated heterocycles. The Balaban J connectivity index is 1.56. The highest BCUT2D eigenvalue weighted by Gasteiger charge is 2.31. The molecule has 1 aliphatic heterocycles. The minimum atomic E-state index is -4.36. The van der Waals surface area contributed by atoms with Gasteiger partial charge >= 0.3 is 6.18 Å². The second-order valence-corrected chi connectivity index (χ2v) is 8.45. The largest absolute Gasteiger partial charge is 0.416 e. The fraction of sp³-hybridized carbons (Fsp3) is 0.636. The number of fused-ring (bicyclic) bond motifs is 1. The highest BCUT2D eigenvalue weighted by molar-refractivity contribution is 7.80. The summed E-state index contributed by atoms with van der Waals surface area (Å²) in [6, 6.07) is 4.05. The standard InChI is InChI=1S/C22H32F3N5S/c1-4-28(5-2)12-6-11-26-21(31)29-13-9-18(10-14-29)30-16(3)27-19-15-17(22(23,24)25)7-8-20(19)30/h7-8,15,18H,4-6,9-14H2,1-3H3,(H,26,31). The summed E-state index contributed by atoms with van der Waals surface area (Å²) < 4.78 is 41.2. The normalized spacial score (nSPS) is 15.8. The number of imidazole rings is 1. The highest BCUT2D eigenvalue weighted by Crippen LogP contribution is 2.34. The number of hydrogen-bond donors (Lipinski definition) is 1. The molecule has 31 heavy (non-hydrogen) atoms. The van der Waals surface area contributed by atoms with E-state index in [1.807, 2.05) is 6.92 Å². The van der Waals surface area contributed by atoms with Crippen molar-refractivity contribution in [3.05, 3.63) is 29.6 Å². The molecule has 0 bridgehead atoms. The molecule has 1 aromatic heterocycles. The summed E-state index contributed by atoms with van der Waals surface area (Å²) in [5, 5.41) is 4.16. The summed E-state index contributed by atoms with van der Waals surface area (Å²) in [6.07, 6.45) is -1.53. The van der Waals surface area contributed by atoms with Crippen LogP contribution in [0.2, 0.25) is 0 Å². The van der Waals surface area contributed by atoms with Gasteiger partial charge in [-0.25, -0.2) is 4.98 Å². The van der Waals surface area contributed by atoms with Crippen molar-refractivity contribution in [1.82, 2.24) is 24.7 Å². The van der Waals surface area contributed by atoms with E-state index in [2.05, 4.69) is 38.5 Å². The Hall–Kier alpha value is -1.87. The molecule has 0 unspecified atom stereocenters. The van der Waals surface area contributed by atoms with E-state index in [9.17, 15) is 13.2 Å². The van der Waals surface area contributed by atoms with Crippen molar-refractivity contribution in [2.24, 2.45) is 0 Å². The topological polar surface area (TPSA) is 36.3 Å². The van der Waals surface area contributed by atoms with Crippen LogP contribution in [0.3, 0.4) is 0 Å². The average molecular weight is 456 g/mol. The number of aromatic nitrogens is 2. The maximum absolute atomic E-state index is 13.0. The molecule has 0 amide bonds. The third kappa shape index (κ3) is 5.68. The molecule has 0 aliphatic carbocycles. The molecule has 5 nitrogen and oxygen atoms in total. The lowest BCUT2D eigenvalue weighted by Crippen LogP contribution is -2.45. The van der Waals surface area contributed by atoms with Gasteiger partial charge in [0.05, 0.1) is 16.6 Å². The van der Waals surface area contributed by atoms with Crippen molar-refractivity contribution < 1.29 is 13.2 Å². The summed E-state index contributed by atoms with van der Waals surface area (Å²) >= 11 is 5.58. The van der Waals surface area contributed by atoms with E-state index < -0.39 is 11.7 Å². The first-order valence-electron chi connectivity index (χ1n) is 11.1. The number of likely N-dealkylation sites (tertiary alicyclic amines) is 1. The fourth-order valence-electron chi connectivity index (χ4n) is 4.33. The molecule has 1 N–H and O–H groups in total. The first-order chi connectivity index (χ1) is 14.7. The lowest BCUT2D eigenvalue weighted by atomic mass is 10.0. The summed E-state index contributed by atoms with van der Waals surface area (Å²) in [6.45, 7) is 11.9. The van der Waals surface area contributed by atoms with Crippen LogP contribution in [0.4, 0.5) is 13.2 Å². The summed E-state index contributed by atoms with van der Waals surface area (Å²) in [4.78, 5) is 8.99. The van der Waals surface area contributed by atoms with Crippen LogP contribution in [0.1, 0.15) is 50.5 Å². The van der Waals surface area contributed by atoms with Crippen LogP contribution >= 0.6 is 12.2 Å². The second-order valence-electron chi connectivity index (χ2n) is 8.06. The minimum absolute atomic E-state index is 0.212. The van der Waals surface area contributed by atoms with Crippen LogP contribution in [0.15, 0.2) is 18.2 Å². The Morgan fingerprint density at radius 1 is 1.23 bits per heavy atom. The number of alkyl halides is 3. The third-order valence-electron chi connectivity index (χ3n) is 6.13. The summed E-state index contributed by atoms with van der Waals surface area (Å²) in [7, 11) is 0. The zero-order chi connectivity index (χ0) is 22.6. The molecular formula is C22H32F3N5S. The summed E-state index contributed by atoms with van der Waals surface area (Å²) in [5.41, 5.74) is 0.512. The molecule has 9 heteroatoms. The molecule has 1 fully saturated rings. The number of rotatable bonds is 7. The Kier molecular flexibility index (Phi) is 7.80. The van der Waals surface area contributed by atoms with Gasteiger partial charge in [0.25, 0.3) is 0 Å². The number of nitrogens with zero attached hydrogens (tertiary/aromatic N) is 4. The van der Waals surface area contributed by atoms with Crippen molar-refractivity contribution >= 4 is 28.4 Å².